The Morgan fingerprint density at radius 1 is 1.31 bits per heavy atom. The van der Waals surface area contributed by atoms with E-state index in [9.17, 15) is 20.1 Å². The van der Waals surface area contributed by atoms with Crippen molar-refractivity contribution < 1.29 is 9.59 Å². The average Bonchev–Trinajstić information content (AvgIpc) is 3.09. The van der Waals surface area contributed by atoms with Crippen LogP contribution in [0.25, 0.3) is 10.9 Å². The standard InChI is InChI=1S/C21H21N5O2S/c1-21(2)15(9-22)19(28)26-20(16(21)10-23)29-12-18(27)24-8-7-13-11-25-17-6-4-3-5-14(13)17/h3-6,11,15,25H,7-8,12H2,1-2H3,(H,24,27)(H,26,28)/t15-/m1/s1. The fourth-order valence-corrected chi connectivity index (χ4v) is 4.40. The maximum atomic E-state index is 12.2. The molecule has 3 rings (SSSR count). The number of rotatable bonds is 6. The van der Waals surface area contributed by atoms with Gasteiger partial charge in [0.2, 0.25) is 11.8 Å². The van der Waals surface area contributed by atoms with Gasteiger partial charge in [-0.05, 0) is 18.1 Å². The number of hydrogen-bond acceptors (Lipinski definition) is 5. The third kappa shape index (κ3) is 4.13. The zero-order chi connectivity index (χ0) is 21.0. The van der Waals surface area contributed by atoms with Gasteiger partial charge >= 0.3 is 0 Å². The lowest BCUT2D eigenvalue weighted by atomic mass is 9.72. The first kappa shape index (κ1) is 20.5. The number of nitrogens with one attached hydrogen (secondary N) is 3. The van der Waals surface area contributed by atoms with Crippen molar-refractivity contribution >= 4 is 34.5 Å². The molecule has 1 aromatic heterocycles. The number of nitriles is 2. The lowest BCUT2D eigenvalue weighted by Crippen LogP contribution is -2.44. The van der Waals surface area contributed by atoms with Crippen LogP contribution >= 0.6 is 11.8 Å². The minimum atomic E-state index is -0.938. The zero-order valence-electron chi connectivity index (χ0n) is 16.2. The largest absolute Gasteiger partial charge is 0.361 e. The number of benzene rings is 1. The summed E-state index contributed by atoms with van der Waals surface area (Å²) in [5.74, 6) is -1.50. The average molecular weight is 407 g/mol. The number of thioether (sulfide) groups is 1. The molecule has 29 heavy (non-hydrogen) atoms. The fourth-order valence-electron chi connectivity index (χ4n) is 3.40. The molecule has 1 aliphatic heterocycles. The van der Waals surface area contributed by atoms with Gasteiger partial charge in [-0.2, -0.15) is 10.5 Å². The number of aromatic amines is 1. The number of para-hydroxylation sites is 1. The molecular weight excluding hydrogens is 386 g/mol. The van der Waals surface area contributed by atoms with E-state index in [1.165, 1.54) is 0 Å². The Kier molecular flexibility index (Phi) is 5.95. The van der Waals surface area contributed by atoms with E-state index in [0.29, 0.717) is 23.6 Å². The van der Waals surface area contributed by atoms with E-state index in [-0.39, 0.29) is 11.7 Å². The summed E-state index contributed by atoms with van der Waals surface area (Å²) in [7, 11) is 0. The molecular formula is C21H21N5O2S. The number of fused-ring (bicyclic) bond motifs is 1. The van der Waals surface area contributed by atoms with Crippen LogP contribution in [-0.2, 0) is 16.0 Å². The first-order chi connectivity index (χ1) is 13.9. The molecule has 8 heteroatoms. The Labute approximate surface area is 173 Å². The molecule has 0 spiro atoms. The van der Waals surface area contributed by atoms with Crippen LogP contribution in [0.15, 0.2) is 41.1 Å². The Hall–Kier alpha value is -3.23. The molecule has 0 aliphatic carbocycles. The summed E-state index contributed by atoms with van der Waals surface area (Å²) in [6, 6.07) is 12.0. The summed E-state index contributed by atoms with van der Waals surface area (Å²) in [5, 5.41) is 25.7. The van der Waals surface area contributed by atoms with Crippen LogP contribution < -0.4 is 10.6 Å². The first-order valence-electron chi connectivity index (χ1n) is 9.18. The second kappa shape index (κ2) is 8.42. The number of allylic oxidation sites excluding steroid dienone is 1. The molecule has 0 saturated carbocycles. The molecule has 0 radical (unpaired) electrons. The van der Waals surface area contributed by atoms with Crippen LogP contribution in [-0.4, -0.2) is 29.1 Å². The first-order valence-corrected chi connectivity index (χ1v) is 10.2. The van der Waals surface area contributed by atoms with E-state index in [1.54, 1.807) is 13.8 Å². The van der Waals surface area contributed by atoms with Crippen LogP contribution in [0.2, 0.25) is 0 Å². The topological polar surface area (TPSA) is 122 Å². The molecule has 148 valence electrons. The number of carbonyl (C=O) groups excluding carboxylic acids is 2. The molecule has 0 unspecified atom stereocenters. The number of amides is 2. The van der Waals surface area contributed by atoms with Crippen molar-refractivity contribution in [1.82, 2.24) is 15.6 Å². The molecule has 7 nitrogen and oxygen atoms in total. The fraction of sp³-hybridized carbons (Fsp3) is 0.333. The quantitative estimate of drug-likeness (QED) is 0.679. The Balaban J connectivity index is 1.57. The Bertz CT molecular complexity index is 1070. The van der Waals surface area contributed by atoms with E-state index in [0.717, 1.165) is 28.2 Å². The molecule has 2 heterocycles. The van der Waals surface area contributed by atoms with E-state index in [2.05, 4.69) is 21.7 Å². The number of aromatic nitrogens is 1. The summed E-state index contributed by atoms with van der Waals surface area (Å²) >= 11 is 1.10. The van der Waals surface area contributed by atoms with E-state index < -0.39 is 17.2 Å². The summed E-state index contributed by atoms with van der Waals surface area (Å²) in [5.41, 5.74) is 1.61. The van der Waals surface area contributed by atoms with Crippen molar-refractivity contribution in [3.05, 3.63) is 46.6 Å². The van der Waals surface area contributed by atoms with E-state index in [4.69, 9.17) is 0 Å². The lowest BCUT2D eigenvalue weighted by molar-refractivity contribution is -0.125. The molecule has 0 saturated heterocycles. The molecule has 0 fully saturated rings. The SMILES string of the molecule is CC1(C)C(C#N)=C(SCC(=O)NCCc2c[nH]c3ccccc23)NC(=O)[C@H]1C#N. The molecule has 1 aromatic carbocycles. The molecule has 3 N–H and O–H groups in total. The van der Waals surface area contributed by atoms with Gasteiger partial charge in [-0.15, -0.1) is 0 Å². The van der Waals surface area contributed by atoms with Crippen LogP contribution in [0, 0.1) is 34.0 Å². The van der Waals surface area contributed by atoms with Crippen LogP contribution in [0.4, 0.5) is 0 Å². The third-order valence-electron chi connectivity index (χ3n) is 5.07. The predicted molar refractivity (Wildman–Crippen MR) is 111 cm³/mol. The van der Waals surface area contributed by atoms with Crippen LogP contribution in [0.3, 0.4) is 0 Å². The minimum absolute atomic E-state index is 0.0714. The van der Waals surface area contributed by atoms with E-state index in [1.807, 2.05) is 36.5 Å². The zero-order valence-corrected chi connectivity index (χ0v) is 17.0. The second-order valence-electron chi connectivity index (χ2n) is 7.34. The van der Waals surface area contributed by atoms with Crippen LogP contribution in [0.1, 0.15) is 19.4 Å². The highest BCUT2D eigenvalue weighted by atomic mass is 32.2. The highest BCUT2D eigenvalue weighted by Gasteiger charge is 2.44. The van der Waals surface area contributed by atoms with Gasteiger partial charge in [0, 0.05) is 29.1 Å². The smallest absolute Gasteiger partial charge is 0.243 e. The molecule has 0 bridgehead atoms. The maximum Gasteiger partial charge on any atom is 0.243 e. The monoisotopic (exact) mass is 407 g/mol. The number of H-pyrrole nitrogens is 1. The predicted octanol–water partition coefficient (Wildman–Crippen LogP) is 2.59. The highest BCUT2D eigenvalue weighted by molar-refractivity contribution is 8.03. The van der Waals surface area contributed by atoms with Gasteiger partial charge in [0.1, 0.15) is 5.92 Å². The van der Waals surface area contributed by atoms with E-state index >= 15 is 0 Å². The number of carbonyl (C=O) groups is 2. The number of hydrogen-bond donors (Lipinski definition) is 3. The molecule has 1 aliphatic rings. The Morgan fingerprint density at radius 3 is 2.79 bits per heavy atom. The van der Waals surface area contributed by atoms with Gasteiger partial charge in [0.15, 0.2) is 0 Å². The van der Waals surface area contributed by atoms with Gasteiger partial charge in [-0.1, -0.05) is 43.8 Å². The summed E-state index contributed by atoms with van der Waals surface area (Å²) < 4.78 is 0. The summed E-state index contributed by atoms with van der Waals surface area (Å²) in [6.07, 6.45) is 2.64. The summed E-state index contributed by atoms with van der Waals surface area (Å²) in [4.78, 5) is 27.6. The van der Waals surface area contributed by atoms with Crippen molar-refractivity contribution in [2.75, 3.05) is 12.3 Å². The van der Waals surface area contributed by atoms with Crippen molar-refractivity contribution in [3.63, 3.8) is 0 Å². The summed E-state index contributed by atoms with van der Waals surface area (Å²) in [6.45, 7) is 3.87. The van der Waals surface area contributed by atoms with Crippen LogP contribution in [0.5, 0.6) is 0 Å². The van der Waals surface area contributed by atoms with Crippen molar-refractivity contribution in [1.29, 1.82) is 10.5 Å². The molecule has 2 aromatic rings. The third-order valence-corrected chi connectivity index (χ3v) is 6.07. The van der Waals surface area contributed by atoms with Gasteiger partial charge in [0.25, 0.3) is 0 Å². The minimum Gasteiger partial charge on any atom is -0.361 e. The van der Waals surface area contributed by atoms with Gasteiger partial charge in [-0.25, -0.2) is 0 Å². The van der Waals surface area contributed by atoms with Gasteiger partial charge < -0.3 is 15.6 Å². The molecule has 1 atom stereocenters. The number of nitrogens with zero attached hydrogens (tertiary/aromatic N) is 2. The molecule has 2 amide bonds. The van der Waals surface area contributed by atoms with Crippen molar-refractivity contribution in [2.45, 2.75) is 20.3 Å². The van der Waals surface area contributed by atoms with Gasteiger partial charge in [-0.3, -0.25) is 9.59 Å². The second-order valence-corrected chi connectivity index (χ2v) is 8.32. The van der Waals surface area contributed by atoms with Gasteiger partial charge in [0.05, 0.1) is 28.5 Å². The van der Waals surface area contributed by atoms with Crippen molar-refractivity contribution in [2.24, 2.45) is 11.3 Å². The van der Waals surface area contributed by atoms with Crippen molar-refractivity contribution in [3.8, 4) is 12.1 Å². The Morgan fingerprint density at radius 2 is 2.07 bits per heavy atom. The highest BCUT2D eigenvalue weighted by Crippen LogP contribution is 2.41. The maximum absolute atomic E-state index is 12.2. The normalized spacial score (nSPS) is 18.1. The lowest BCUT2D eigenvalue weighted by Gasteiger charge is -2.34.